The first-order valence-electron chi connectivity index (χ1n) is 6.85. The van der Waals surface area contributed by atoms with Gasteiger partial charge in [-0.25, -0.2) is 0 Å². The van der Waals surface area contributed by atoms with Gasteiger partial charge in [0.1, 0.15) is 11.4 Å². The maximum Gasteiger partial charge on any atom is 0.254 e. The molecule has 1 spiro atoms. The number of amides is 1. The van der Waals surface area contributed by atoms with E-state index in [-0.39, 0.29) is 5.91 Å². The summed E-state index contributed by atoms with van der Waals surface area (Å²) < 4.78 is 0. The third kappa shape index (κ3) is 1.81. The molecule has 0 fully saturated rings. The van der Waals surface area contributed by atoms with E-state index in [0.29, 0.717) is 18.7 Å². The highest BCUT2D eigenvalue weighted by atomic mass is 16.2. The van der Waals surface area contributed by atoms with Gasteiger partial charge in [-0.1, -0.05) is 6.07 Å². The van der Waals surface area contributed by atoms with Crippen molar-refractivity contribution in [1.29, 1.82) is 0 Å². The number of aliphatic imine (C=N–C) groups is 1. The Bertz CT molecular complexity index is 769. The zero-order valence-electron chi connectivity index (χ0n) is 11.3. The Morgan fingerprint density at radius 3 is 2.67 bits per heavy atom. The van der Waals surface area contributed by atoms with E-state index in [1.54, 1.807) is 12.4 Å². The van der Waals surface area contributed by atoms with E-state index in [0.717, 1.165) is 22.4 Å². The first-order chi connectivity index (χ1) is 10.2. The van der Waals surface area contributed by atoms with Crippen molar-refractivity contribution in [3.05, 3.63) is 59.4 Å². The number of carbonyl (C=O) groups is 1. The molecule has 0 saturated heterocycles. The Morgan fingerprint density at radius 1 is 1.10 bits per heavy atom. The molecule has 5 nitrogen and oxygen atoms in total. The number of nitrogens with one attached hydrogen (secondary N) is 1. The summed E-state index contributed by atoms with van der Waals surface area (Å²) in [4.78, 5) is 21.2. The zero-order valence-corrected chi connectivity index (χ0v) is 11.3. The first-order valence-corrected chi connectivity index (χ1v) is 6.85. The van der Waals surface area contributed by atoms with Crippen molar-refractivity contribution in [2.45, 2.75) is 18.4 Å². The Morgan fingerprint density at radius 2 is 1.86 bits per heavy atom. The summed E-state index contributed by atoms with van der Waals surface area (Å²) in [7, 11) is 0. The number of amidine groups is 1. The summed E-state index contributed by atoms with van der Waals surface area (Å²) >= 11 is 0. The fourth-order valence-corrected chi connectivity index (χ4v) is 3.08. The molecule has 4 rings (SSSR count). The zero-order chi connectivity index (χ0) is 14.4. The highest BCUT2D eigenvalue weighted by molar-refractivity contribution is 6.15. The Labute approximate surface area is 121 Å². The minimum atomic E-state index is -0.714. The molecule has 3 N–H and O–H groups in total. The van der Waals surface area contributed by atoms with E-state index < -0.39 is 5.54 Å². The highest BCUT2D eigenvalue weighted by Gasteiger charge is 2.48. The van der Waals surface area contributed by atoms with E-state index >= 15 is 0 Å². The third-order valence-corrected chi connectivity index (χ3v) is 4.13. The molecule has 1 atom stereocenters. The van der Waals surface area contributed by atoms with Gasteiger partial charge in [-0.15, -0.1) is 0 Å². The lowest BCUT2D eigenvalue weighted by atomic mass is 9.97. The molecule has 0 bridgehead atoms. The van der Waals surface area contributed by atoms with Crippen LogP contribution in [0.3, 0.4) is 0 Å². The van der Waals surface area contributed by atoms with E-state index in [1.165, 1.54) is 0 Å². The molecule has 1 amide bonds. The van der Waals surface area contributed by atoms with Gasteiger partial charge in [-0.2, -0.15) is 0 Å². The van der Waals surface area contributed by atoms with Crippen molar-refractivity contribution < 1.29 is 4.79 Å². The van der Waals surface area contributed by atoms with Crippen LogP contribution in [0.25, 0.3) is 0 Å². The number of carbonyl (C=O) groups excluding carboxylic acids is 1. The second-order valence-corrected chi connectivity index (χ2v) is 5.56. The van der Waals surface area contributed by atoms with Crippen molar-refractivity contribution >= 4 is 17.4 Å². The maximum absolute atomic E-state index is 12.5. The molecule has 2 aromatic rings. The molecule has 21 heavy (non-hydrogen) atoms. The number of nitrogen functional groups attached to an aromatic ring is 1. The lowest BCUT2D eigenvalue weighted by Crippen LogP contribution is -2.40. The summed E-state index contributed by atoms with van der Waals surface area (Å²) in [6, 6.07) is 9.50. The Hall–Kier alpha value is -2.69. The molecule has 104 valence electrons. The number of hydrogen-bond acceptors (Lipinski definition) is 4. The minimum Gasteiger partial charge on any atom is -0.399 e. The van der Waals surface area contributed by atoms with Gasteiger partial charge in [-0.05, 0) is 35.4 Å². The molecule has 0 radical (unpaired) electrons. The van der Waals surface area contributed by atoms with Gasteiger partial charge in [0.15, 0.2) is 0 Å². The smallest absolute Gasteiger partial charge is 0.254 e. The lowest BCUT2D eigenvalue weighted by molar-refractivity contribution is -0.123. The molecule has 1 aliphatic heterocycles. The summed E-state index contributed by atoms with van der Waals surface area (Å²) in [5.41, 5.74) is 8.99. The van der Waals surface area contributed by atoms with Crippen LogP contribution in [0.4, 0.5) is 5.69 Å². The minimum absolute atomic E-state index is 0.0379. The van der Waals surface area contributed by atoms with E-state index in [9.17, 15) is 4.79 Å². The maximum atomic E-state index is 12.5. The summed E-state index contributed by atoms with van der Waals surface area (Å²) in [5, 5.41) is 2.90. The predicted octanol–water partition coefficient (Wildman–Crippen LogP) is 1.08. The van der Waals surface area contributed by atoms with Crippen LogP contribution in [0.5, 0.6) is 0 Å². The molecular weight excluding hydrogens is 264 g/mol. The molecule has 1 unspecified atom stereocenters. The molecule has 1 aromatic carbocycles. The number of nitrogens with two attached hydrogens (primary N) is 1. The number of aromatic nitrogens is 1. The highest BCUT2D eigenvalue weighted by Crippen LogP contribution is 2.36. The van der Waals surface area contributed by atoms with E-state index in [2.05, 4.69) is 10.3 Å². The molecule has 1 aromatic heterocycles. The van der Waals surface area contributed by atoms with Crippen molar-refractivity contribution in [2.24, 2.45) is 4.99 Å². The first kappa shape index (κ1) is 12.1. The van der Waals surface area contributed by atoms with Crippen LogP contribution in [0, 0.1) is 0 Å². The van der Waals surface area contributed by atoms with Crippen molar-refractivity contribution in [2.75, 3.05) is 5.73 Å². The Balaban J connectivity index is 1.74. The number of benzene rings is 1. The second kappa shape index (κ2) is 4.15. The molecule has 2 aliphatic rings. The predicted molar refractivity (Wildman–Crippen MR) is 79.9 cm³/mol. The number of hydrogen-bond donors (Lipinski definition) is 2. The standard InChI is InChI=1S/C16H14N4O/c17-13-2-1-11-8-16(9-12(11)7-13)15(21)19-14(20-16)10-3-5-18-6-4-10/h1-7H,8-9,17H2,(H,19,20,21). The van der Waals surface area contributed by atoms with Gasteiger partial charge in [0, 0.05) is 36.5 Å². The average molecular weight is 278 g/mol. The van der Waals surface area contributed by atoms with Gasteiger partial charge >= 0.3 is 0 Å². The fraction of sp³-hybridized carbons (Fsp3) is 0.188. The Kier molecular flexibility index (Phi) is 2.39. The van der Waals surface area contributed by atoms with E-state index in [4.69, 9.17) is 10.7 Å². The second-order valence-electron chi connectivity index (χ2n) is 5.56. The van der Waals surface area contributed by atoms with Crippen molar-refractivity contribution in [3.63, 3.8) is 0 Å². The molecular formula is C16H14N4O. The van der Waals surface area contributed by atoms with E-state index in [1.807, 2.05) is 30.3 Å². The van der Waals surface area contributed by atoms with Crippen LogP contribution in [-0.4, -0.2) is 22.3 Å². The monoisotopic (exact) mass is 278 g/mol. The fourth-order valence-electron chi connectivity index (χ4n) is 3.08. The number of rotatable bonds is 1. The number of nitrogens with zero attached hydrogens (tertiary/aromatic N) is 2. The molecule has 2 heterocycles. The molecule has 5 heteroatoms. The van der Waals surface area contributed by atoms with Crippen LogP contribution in [-0.2, 0) is 17.6 Å². The van der Waals surface area contributed by atoms with Gasteiger partial charge in [0.05, 0.1) is 0 Å². The van der Waals surface area contributed by atoms with Gasteiger partial charge in [0.25, 0.3) is 5.91 Å². The third-order valence-electron chi connectivity index (χ3n) is 4.13. The van der Waals surface area contributed by atoms with Crippen molar-refractivity contribution in [3.8, 4) is 0 Å². The number of fused-ring (bicyclic) bond motifs is 1. The quantitative estimate of drug-likeness (QED) is 0.766. The van der Waals surface area contributed by atoms with Gasteiger partial charge in [0.2, 0.25) is 0 Å². The number of anilines is 1. The largest absolute Gasteiger partial charge is 0.399 e. The van der Waals surface area contributed by atoms with Crippen molar-refractivity contribution in [1.82, 2.24) is 10.3 Å². The lowest BCUT2D eigenvalue weighted by Gasteiger charge is -2.14. The van der Waals surface area contributed by atoms with Gasteiger partial charge < -0.3 is 11.1 Å². The normalized spacial score (nSPS) is 23.0. The topological polar surface area (TPSA) is 80.4 Å². The number of pyridine rings is 1. The summed E-state index contributed by atoms with van der Waals surface area (Å²) in [5.74, 6) is 0.590. The summed E-state index contributed by atoms with van der Waals surface area (Å²) in [6.07, 6.45) is 4.62. The summed E-state index contributed by atoms with van der Waals surface area (Å²) in [6.45, 7) is 0. The van der Waals surface area contributed by atoms with Crippen LogP contribution in [0.2, 0.25) is 0 Å². The van der Waals surface area contributed by atoms with Crippen LogP contribution >= 0.6 is 0 Å². The SMILES string of the molecule is Nc1ccc2c(c1)CC1(C2)N=C(c2ccncc2)NC1=O. The average Bonchev–Trinajstić information content (AvgIpc) is 3.00. The molecule has 0 saturated carbocycles. The van der Waals surface area contributed by atoms with Crippen LogP contribution in [0.1, 0.15) is 16.7 Å². The van der Waals surface area contributed by atoms with Crippen LogP contribution < -0.4 is 11.1 Å². The van der Waals surface area contributed by atoms with Crippen LogP contribution in [0.15, 0.2) is 47.7 Å². The van der Waals surface area contributed by atoms with Gasteiger partial charge in [-0.3, -0.25) is 14.8 Å². The molecule has 1 aliphatic carbocycles.